The zero-order valence-electron chi connectivity index (χ0n) is 15.8. The van der Waals surface area contributed by atoms with E-state index in [1.807, 2.05) is 13.0 Å². The molecule has 0 fully saturated rings. The van der Waals surface area contributed by atoms with Crippen LogP contribution in [0.25, 0.3) is 0 Å². The second-order valence-corrected chi connectivity index (χ2v) is 6.59. The van der Waals surface area contributed by atoms with Crippen molar-refractivity contribution < 1.29 is 9.90 Å². The number of nitrogens with zero attached hydrogens (tertiary/aromatic N) is 2. The van der Waals surface area contributed by atoms with Crippen molar-refractivity contribution in [1.29, 1.82) is 0 Å². The van der Waals surface area contributed by atoms with Crippen molar-refractivity contribution in [1.82, 2.24) is 9.97 Å². The SMILES string of the molecule is Cc1cc(C)c(Nc2cc(Nc3ccc(C(=O)O)cc3)nc(C)n2)c(C)c1. The topological polar surface area (TPSA) is 87.1 Å². The molecule has 0 aliphatic heterocycles. The number of carbonyl (C=O) groups is 1. The lowest BCUT2D eigenvalue weighted by Crippen LogP contribution is -2.04. The molecule has 0 unspecified atom stereocenters. The fraction of sp³-hybridized carbons (Fsp3) is 0.190. The maximum atomic E-state index is 11.0. The molecule has 0 saturated heterocycles. The molecule has 0 spiro atoms. The summed E-state index contributed by atoms with van der Waals surface area (Å²) in [5.74, 6) is 1.01. The highest BCUT2D eigenvalue weighted by molar-refractivity contribution is 5.88. The highest BCUT2D eigenvalue weighted by atomic mass is 16.4. The van der Waals surface area contributed by atoms with Crippen LogP contribution in [-0.2, 0) is 0 Å². The van der Waals surface area contributed by atoms with Gasteiger partial charge in [0.15, 0.2) is 0 Å². The summed E-state index contributed by atoms with van der Waals surface area (Å²) in [4.78, 5) is 19.8. The van der Waals surface area contributed by atoms with Crippen LogP contribution in [0.5, 0.6) is 0 Å². The van der Waals surface area contributed by atoms with E-state index in [0.29, 0.717) is 17.5 Å². The normalized spacial score (nSPS) is 10.5. The minimum Gasteiger partial charge on any atom is -0.478 e. The molecule has 0 bridgehead atoms. The Balaban J connectivity index is 1.85. The molecule has 0 radical (unpaired) electrons. The molecule has 3 aromatic rings. The third-order valence-electron chi connectivity index (χ3n) is 4.17. The van der Waals surface area contributed by atoms with Crippen LogP contribution in [0.15, 0.2) is 42.5 Å². The number of aromatic nitrogens is 2. The molecule has 0 aliphatic carbocycles. The van der Waals surface area contributed by atoms with E-state index in [0.717, 1.165) is 22.5 Å². The third kappa shape index (κ3) is 4.41. The van der Waals surface area contributed by atoms with Crippen molar-refractivity contribution in [2.75, 3.05) is 10.6 Å². The van der Waals surface area contributed by atoms with Crippen molar-refractivity contribution in [3.63, 3.8) is 0 Å². The number of anilines is 4. The molecule has 0 saturated carbocycles. The second kappa shape index (κ2) is 7.45. The Hall–Kier alpha value is -3.41. The highest BCUT2D eigenvalue weighted by Gasteiger charge is 2.08. The molecule has 2 aromatic carbocycles. The number of carboxylic acids is 1. The van der Waals surface area contributed by atoms with Gasteiger partial charge in [-0.3, -0.25) is 0 Å². The molecule has 0 atom stereocenters. The second-order valence-electron chi connectivity index (χ2n) is 6.59. The van der Waals surface area contributed by atoms with Gasteiger partial charge in [0.25, 0.3) is 0 Å². The number of nitrogens with one attached hydrogen (secondary N) is 2. The van der Waals surface area contributed by atoms with Gasteiger partial charge in [-0.2, -0.15) is 0 Å². The van der Waals surface area contributed by atoms with Gasteiger partial charge in [-0.25, -0.2) is 14.8 Å². The number of rotatable bonds is 5. The monoisotopic (exact) mass is 362 g/mol. The summed E-state index contributed by atoms with van der Waals surface area (Å²) < 4.78 is 0. The standard InChI is InChI=1S/C21H22N4O2/c1-12-9-13(2)20(14(3)10-12)25-19-11-18(22-15(4)23-19)24-17-7-5-16(6-8-17)21(26)27/h5-11H,1-4H3,(H,26,27)(H2,22,23,24,25). The molecule has 6 heteroatoms. The van der Waals surface area contributed by atoms with Gasteiger partial charge < -0.3 is 15.7 Å². The quantitative estimate of drug-likeness (QED) is 0.599. The minimum atomic E-state index is -0.949. The summed E-state index contributed by atoms with van der Waals surface area (Å²) in [6.07, 6.45) is 0. The summed E-state index contributed by atoms with van der Waals surface area (Å²) in [7, 11) is 0. The van der Waals surface area contributed by atoms with Gasteiger partial charge in [-0.15, -0.1) is 0 Å². The van der Waals surface area contributed by atoms with Crippen molar-refractivity contribution >= 4 is 29.0 Å². The molecule has 1 aromatic heterocycles. The van der Waals surface area contributed by atoms with Gasteiger partial charge in [0.2, 0.25) is 0 Å². The average molecular weight is 362 g/mol. The molecule has 6 nitrogen and oxygen atoms in total. The van der Waals surface area contributed by atoms with E-state index in [1.54, 1.807) is 24.3 Å². The van der Waals surface area contributed by atoms with Gasteiger partial charge in [0.1, 0.15) is 17.5 Å². The molecular formula is C21H22N4O2. The fourth-order valence-electron chi connectivity index (χ4n) is 3.05. The number of carboxylic acid groups (broad SMARTS) is 1. The molecular weight excluding hydrogens is 340 g/mol. The van der Waals surface area contributed by atoms with Crippen LogP contribution in [-0.4, -0.2) is 21.0 Å². The van der Waals surface area contributed by atoms with E-state index >= 15 is 0 Å². The molecule has 3 rings (SSSR count). The first kappa shape index (κ1) is 18.4. The largest absolute Gasteiger partial charge is 0.478 e. The van der Waals surface area contributed by atoms with Gasteiger partial charge in [-0.1, -0.05) is 17.7 Å². The summed E-state index contributed by atoms with van der Waals surface area (Å²) in [5.41, 5.74) is 5.57. The van der Waals surface area contributed by atoms with E-state index in [4.69, 9.17) is 5.11 Å². The van der Waals surface area contributed by atoms with Crippen molar-refractivity contribution in [3.05, 3.63) is 70.5 Å². The summed E-state index contributed by atoms with van der Waals surface area (Å²) in [6.45, 7) is 8.05. The smallest absolute Gasteiger partial charge is 0.335 e. The van der Waals surface area contributed by atoms with Crippen molar-refractivity contribution in [3.8, 4) is 0 Å². The summed E-state index contributed by atoms with van der Waals surface area (Å²) in [5, 5.41) is 15.6. The van der Waals surface area contributed by atoms with Gasteiger partial charge in [-0.05, 0) is 63.1 Å². The molecule has 138 valence electrons. The predicted octanol–water partition coefficient (Wildman–Crippen LogP) is 4.90. The van der Waals surface area contributed by atoms with Crippen LogP contribution >= 0.6 is 0 Å². The average Bonchev–Trinajstić information content (AvgIpc) is 2.58. The highest BCUT2D eigenvalue weighted by Crippen LogP contribution is 2.26. The first-order chi connectivity index (χ1) is 12.8. The Kier molecular flexibility index (Phi) is 5.07. The fourth-order valence-corrected chi connectivity index (χ4v) is 3.05. The molecule has 3 N–H and O–H groups in total. The molecule has 1 heterocycles. The Morgan fingerprint density at radius 1 is 0.852 bits per heavy atom. The number of hydrogen-bond acceptors (Lipinski definition) is 5. The van der Waals surface area contributed by atoms with Crippen LogP contribution in [0.2, 0.25) is 0 Å². The summed E-state index contributed by atoms with van der Waals surface area (Å²) in [6, 6.07) is 12.6. The van der Waals surface area contributed by atoms with Gasteiger partial charge in [0.05, 0.1) is 5.56 Å². The van der Waals surface area contributed by atoms with Crippen molar-refractivity contribution in [2.45, 2.75) is 27.7 Å². The maximum Gasteiger partial charge on any atom is 0.335 e. The lowest BCUT2D eigenvalue weighted by molar-refractivity contribution is 0.0697. The van der Waals surface area contributed by atoms with Crippen LogP contribution < -0.4 is 10.6 Å². The van der Waals surface area contributed by atoms with Crippen molar-refractivity contribution in [2.24, 2.45) is 0 Å². The third-order valence-corrected chi connectivity index (χ3v) is 4.17. The lowest BCUT2D eigenvalue weighted by Gasteiger charge is -2.15. The Bertz CT molecular complexity index is 975. The molecule has 0 amide bonds. The minimum absolute atomic E-state index is 0.243. The van der Waals surface area contributed by atoms with Crippen LogP contribution in [0.1, 0.15) is 32.9 Å². The maximum absolute atomic E-state index is 11.0. The Morgan fingerprint density at radius 2 is 1.41 bits per heavy atom. The summed E-state index contributed by atoms with van der Waals surface area (Å²) >= 11 is 0. The predicted molar refractivity (Wildman–Crippen MR) is 107 cm³/mol. The first-order valence-corrected chi connectivity index (χ1v) is 8.63. The lowest BCUT2D eigenvalue weighted by atomic mass is 10.1. The van der Waals surface area contributed by atoms with Crippen LogP contribution in [0.3, 0.4) is 0 Å². The number of aryl methyl sites for hydroxylation is 4. The number of aromatic carboxylic acids is 1. The first-order valence-electron chi connectivity index (χ1n) is 8.63. The Labute approximate surface area is 158 Å². The van der Waals surface area contributed by atoms with Crippen LogP contribution in [0.4, 0.5) is 23.0 Å². The van der Waals surface area contributed by atoms with Crippen LogP contribution in [0, 0.1) is 27.7 Å². The zero-order chi connectivity index (χ0) is 19.6. The van der Waals surface area contributed by atoms with E-state index in [-0.39, 0.29) is 5.56 Å². The number of benzene rings is 2. The van der Waals surface area contributed by atoms with E-state index in [2.05, 4.69) is 53.5 Å². The van der Waals surface area contributed by atoms with Gasteiger partial charge in [0, 0.05) is 17.4 Å². The van der Waals surface area contributed by atoms with Gasteiger partial charge >= 0.3 is 5.97 Å². The zero-order valence-corrected chi connectivity index (χ0v) is 15.8. The van der Waals surface area contributed by atoms with E-state index in [9.17, 15) is 4.79 Å². The number of hydrogen-bond donors (Lipinski definition) is 3. The molecule has 0 aliphatic rings. The van der Waals surface area contributed by atoms with E-state index in [1.165, 1.54) is 5.56 Å². The molecule has 27 heavy (non-hydrogen) atoms. The Morgan fingerprint density at radius 3 is 1.96 bits per heavy atom. The van der Waals surface area contributed by atoms with E-state index < -0.39 is 5.97 Å².